The van der Waals surface area contributed by atoms with Crippen molar-refractivity contribution >= 4 is 0 Å². The van der Waals surface area contributed by atoms with Gasteiger partial charge in [-0.3, -0.25) is 4.90 Å². The number of morpholine rings is 1. The van der Waals surface area contributed by atoms with Crippen LogP contribution < -0.4 is 0 Å². The van der Waals surface area contributed by atoms with E-state index in [1.165, 1.54) is 12.8 Å². The van der Waals surface area contributed by atoms with Gasteiger partial charge in [-0.25, -0.2) is 0 Å². The Kier molecular flexibility index (Phi) is 5.13. The monoisotopic (exact) mass is 311 g/mol. The zero-order chi connectivity index (χ0) is 15.6. The van der Waals surface area contributed by atoms with Crippen LogP contribution in [-0.4, -0.2) is 56.2 Å². The lowest BCUT2D eigenvalue weighted by molar-refractivity contribution is -0.197. The maximum atomic E-state index is 6.36. The van der Waals surface area contributed by atoms with Gasteiger partial charge in [-0.1, -0.05) is 20.8 Å². The molecule has 1 atom stereocenters. The van der Waals surface area contributed by atoms with Crippen molar-refractivity contribution < 1.29 is 14.2 Å². The van der Waals surface area contributed by atoms with E-state index in [0.29, 0.717) is 5.41 Å². The molecule has 1 unspecified atom stereocenters. The van der Waals surface area contributed by atoms with Crippen LogP contribution >= 0.6 is 0 Å². The molecule has 0 bridgehead atoms. The molecular weight excluding hydrogens is 278 g/mol. The molecule has 3 rings (SSSR count). The van der Waals surface area contributed by atoms with E-state index < -0.39 is 0 Å². The van der Waals surface area contributed by atoms with Crippen LogP contribution in [0, 0.1) is 11.3 Å². The minimum atomic E-state index is -0.253. The van der Waals surface area contributed by atoms with Gasteiger partial charge < -0.3 is 14.2 Å². The zero-order valence-electron chi connectivity index (χ0n) is 14.6. The van der Waals surface area contributed by atoms with E-state index in [1.54, 1.807) is 0 Å². The summed E-state index contributed by atoms with van der Waals surface area (Å²) in [6.07, 6.45) is 5.99. The molecule has 0 radical (unpaired) electrons. The van der Waals surface area contributed by atoms with Gasteiger partial charge in [-0.15, -0.1) is 0 Å². The maximum Gasteiger partial charge on any atom is 0.168 e. The van der Waals surface area contributed by atoms with E-state index in [1.807, 2.05) is 0 Å². The second-order valence-electron chi connectivity index (χ2n) is 8.34. The molecule has 0 N–H and O–H groups in total. The summed E-state index contributed by atoms with van der Waals surface area (Å²) < 4.78 is 17.9. The Balaban J connectivity index is 1.42. The number of rotatable bonds is 3. The first-order valence-electron chi connectivity index (χ1n) is 9.09. The van der Waals surface area contributed by atoms with Crippen molar-refractivity contribution in [1.29, 1.82) is 0 Å². The van der Waals surface area contributed by atoms with Gasteiger partial charge in [0.1, 0.15) is 0 Å². The second kappa shape index (κ2) is 6.76. The normalized spacial score (nSPS) is 37.8. The third-order valence-electron chi connectivity index (χ3n) is 5.76. The third-order valence-corrected chi connectivity index (χ3v) is 5.76. The lowest BCUT2D eigenvalue weighted by atomic mass is 9.71. The summed E-state index contributed by atoms with van der Waals surface area (Å²) in [5, 5.41) is 0. The van der Waals surface area contributed by atoms with Crippen LogP contribution in [0.1, 0.15) is 52.9 Å². The average Bonchev–Trinajstić information content (AvgIpc) is 2.89. The highest BCUT2D eigenvalue weighted by Gasteiger charge is 2.45. The molecule has 128 valence electrons. The lowest BCUT2D eigenvalue weighted by Crippen LogP contribution is -2.40. The van der Waals surface area contributed by atoms with Crippen molar-refractivity contribution in [1.82, 2.24) is 4.90 Å². The molecule has 4 heteroatoms. The highest BCUT2D eigenvalue weighted by atomic mass is 16.7. The first kappa shape index (κ1) is 16.7. The van der Waals surface area contributed by atoms with Gasteiger partial charge in [0.05, 0.1) is 25.9 Å². The predicted octanol–water partition coefficient (Wildman–Crippen LogP) is 3.06. The summed E-state index contributed by atoms with van der Waals surface area (Å²) in [5.41, 5.74) is 0.413. The molecule has 0 aromatic carbocycles. The molecule has 3 fully saturated rings. The minimum Gasteiger partial charge on any atom is -0.379 e. The van der Waals surface area contributed by atoms with E-state index in [0.717, 1.165) is 64.6 Å². The minimum absolute atomic E-state index is 0.253. The molecule has 0 aromatic heterocycles. The number of nitrogens with zero attached hydrogens (tertiary/aromatic N) is 1. The Morgan fingerprint density at radius 1 is 1.09 bits per heavy atom. The van der Waals surface area contributed by atoms with Crippen molar-refractivity contribution in [3.63, 3.8) is 0 Å². The van der Waals surface area contributed by atoms with E-state index in [9.17, 15) is 0 Å². The van der Waals surface area contributed by atoms with Gasteiger partial charge in [-0.2, -0.15) is 0 Å². The van der Waals surface area contributed by atoms with Crippen molar-refractivity contribution in [2.75, 3.05) is 39.5 Å². The van der Waals surface area contributed by atoms with Crippen LogP contribution in [-0.2, 0) is 14.2 Å². The topological polar surface area (TPSA) is 30.9 Å². The fraction of sp³-hybridized carbons (Fsp3) is 1.00. The second-order valence-corrected chi connectivity index (χ2v) is 8.34. The highest BCUT2D eigenvalue weighted by molar-refractivity contribution is 4.89. The van der Waals surface area contributed by atoms with E-state index in [2.05, 4.69) is 25.7 Å². The predicted molar refractivity (Wildman–Crippen MR) is 86.8 cm³/mol. The van der Waals surface area contributed by atoms with E-state index in [4.69, 9.17) is 14.2 Å². The highest BCUT2D eigenvalue weighted by Crippen LogP contribution is 2.45. The van der Waals surface area contributed by atoms with E-state index in [-0.39, 0.29) is 11.9 Å². The van der Waals surface area contributed by atoms with Crippen molar-refractivity contribution in [2.45, 2.75) is 64.8 Å². The molecule has 2 saturated heterocycles. The van der Waals surface area contributed by atoms with Crippen LogP contribution in [0.3, 0.4) is 0 Å². The van der Waals surface area contributed by atoms with E-state index >= 15 is 0 Å². The third kappa shape index (κ3) is 4.02. The van der Waals surface area contributed by atoms with Crippen LogP contribution in [0.25, 0.3) is 0 Å². The fourth-order valence-corrected chi connectivity index (χ4v) is 4.10. The van der Waals surface area contributed by atoms with Gasteiger partial charge in [0.25, 0.3) is 0 Å². The van der Waals surface area contributed by atoms with Crippen LogP contribution in [0.2, 0.25) is 0 Å². The molecule has 0 aromatic rings. The molecule has 2 aliphatic heterocycles. The molecule has 0 amide bonds. The van der Waals surface area contributed by atoms with Crippen molar-refractivity contribution in [3.8, 4) is 0 Å². The van der Waals surface area contributed by atoms with Gasteiger partial charge >= 0.3 is 0 Å². The molecule has 1 aliphatic carbocycles. The fourth-order valence-electron chi connectivity index (χ4n) is 4.10. The summed E-state index contributed by atoms with van der Waals surface area (Å²) in [5.74, 6) is 0.551. The molecular formula is C18H33NO3. The maximum absolute atomic E-state index is 6.36. The summed E-state index contributed by atoms with van der Waals surface area (Å²) in [6.45, 7) is 12.8. The SMILES string of the molecule is CC(C)(C)C1CCC2(CC1)OCC(CCN1CCOCC1)O2. The summed E-state index contributed by atoms with van der Waals surface area (Å²) in [7, 11) is 0. The average molecular weight is 311 g/mol. The van der Waals surface area contributed by atoms with Gasteiger partial charge in [0.2, 0.25) is 0 Å². The summed E-state index contributed by atoms with van der Waals surface area (Å²) in [4.78, 5) is 2.48. The Morgan fingerprint density at radius 2 is 1.77 bits per heavy atom. The quantitative estimate of drug-likeness (QED) is 0.801. The summed E-state index contributed by atoms with van der Waals surface area (Å²) >= 11 is 0. The Labute approximate surface area is 135 Å². The zero-order valence-corrected chi connectivity index (χ0v) is 14.6. The first-order valence-corrected chi connectivity index (χ1v) is 9.09. The molecule has 4 nitrogen and oxygen atoms in total. The number of ether oxygens (including phenoxy) is 3. The van der Waals surface area contributed by atoms with Gasteiger partial charge in [0.15, 0.2) is 5.79 Å². The molecule has 22 heavy (non-hydrogen) atoms. The molecule has 1 spiro atoms. The summed E-state index contributed by atoms with van der Waals surface area (Å²) in [6, 6.07) is 0. The molecule has 1 saturated carbocycles. The Morgan fingerprint density at radius 3 is 2.41 bits per heavy atom. The number of hydrogen-bond acceptors (Lipinski definition) is 4. The van der Waals surface area contributed by atoms with Crippen LogP contribution in [0.5, 0.6) is 0 Å². The lowest BCUT2D eigenvalue weighted by Gasteiger charge is -2.41. The Bertz CT molecular complexity index is 352. The van der Waals surface area contributed by atoms with Crippen molar-refractivity contribution in [3.05, 3.63) is 0 Å². The van der Waals surface area contributed by atoms with Crippen molar-refractivity contribution in [2.24, 2.45) is 11.3 Å². The Hall–Kier alpha value is -0.160. The number of hydrogen-bond donors (Lipinski definition) is 0. The molecule has 2 heterocycles. The van der Waals surface area contributed by atoms with Crippen LogP contribution in [0.4, 0.5) is 0 Å². The van der Waals surface area contributed by atoms with Gasteiger partial charge in [0, 0.05) is 32.5 Å². The standard InChI is InChI=1S/C18H33NO3/c1-17(2,3)15-4-7-18(8-5-15)21-14-16(22-18)6-9-19-10-12-20-13-11-19/h15-16H,4-14H2,1-3H3. The largest absolute Gasteiger partial charge is 0.379 e. The molecule has 3 aliphatic rings. The smallest absolute Gasteiger partial charge is 0.168 e. The van der Waals surface area contributed by atoms with Crippen LogP contribution in [0.15, 0.2) is 0 Å². The van der Waals surface area contributed by atoms with Gasteiger partial charge in [-0.05, 0) is 30.6 Å². The first-order chi connectivity index (χ1) is 10.5.